The molecule has 3 aromatic rings. The van der Waals surface area contributed by atoms with Gasteiger partial charge in [0.15, 0.2) is 9.84 Å². The summed E-state index contributed by atoms with van der Waals surface area (Å²) in [5.74, 6) is 0.190. The van der Waals surface area contributed by atoms with Crippen LogP contribution in [0, 0.1) is 11.8 Å². The Kier molecular flexibility index (Phi) is 7.17. The minimum atomic E-state index is -3.44. The molecular weight excluding hydrogens is 504 g/mol. The van der Waals surface area contributed by atoms with E-state index in [-0.39, 0.29) is 35.0 Å². The lowest BCUT2D eigenvalue weighted by Crippen LogP contribution is -2.44. The lowest BCUT2D eigenvalue weighted by atomic mass is 10.0. The molecule has 0 spiro atoms. The molecule has 9 nitrogen and oxygen atoms in total. The molecule has 1 unspecified atom stereocenters. The molecule has 2 aliphatic rings. The van der Waals surface area contributed by atoms with E-state index in [1.807, 2.05) is 13.8 Å². The molecule has 2 aromatic carbocycles. The lowest BCUT2D eigenvalue weighted by Gasteiger charge is -2.32. The average Bonchev–Trinajstić information content (AvgIpc) is 3.71. The van der Waals surface area contributed by atoms with Crippen LogP contribution >= 0.6 is 0 Å². The molecule has 0 bridgehead atoms. The molecule has 2 heterocycles. The molecule has 202 valence electrons. The van der Waals surface area contributed by atoms with Crippen LogP contribution in [0.3, 0.4) is 0 Å². The summed E-state index contributed by atoms with van der Waals surface area (Å²) in [6, 6.07) is 13.0. The zero-order valence-corrected chi connectivity index (χ0v) is 22.6. The summed E-state index contributed by atoms with van der Waals surface area (Å²) in [7, 11) is -3.44. The highest BCUT2D eigenvalue weighted by atomic mass is 32.2. The summed E-state index contributed by atoms with van der Waals surface area (Å²) in [6.45, 7) is 5.10. The summed E-state index contributed by atoms with van der Waals surface area (Å²) < 4.78 is 28.7. The van der Waals surface area contributed by atoms with E-state index in [0.29, 0.717) is 53.5 Å². The average molecular weight is 539 g/mol. The van der Waals surface area contributed by atoms with Gasteiger partial charge in [0.1, 0.15) is 0 Å². The number of rotatable bonds is 7. The summed E-state index contributed by atoms with van der Waals surface area (Å²) in [4.78, 5) is 41.5. The minimum absolute atomic E-state index is 0.00989. The zero-order valence-electron chi connectivity index (χ0n) is 21.8. The molecule has 1 aliphatic carbocycles. The van der Waals surface area contributed by atoms with E-state index in [2.05, 4.69) is 5.32 Å². The first-order valence-corrected chi connectivity index (χ1v) is 14.9. The fraction of sp³-hybridized carbons (Fsp3) is 0.464. The molecular formula is C28H34N4O5S. The number of likely N-dealkylation sites (tertiary alicyclic amines) is 1. The molecule has 1 saturated heterocycles. The number of nitrogens with one attached hydrogen (secondary N) is 1. The van der Waals surface area contributed by atoms with Gasteiger partial charge in [-0.05, 0) is 81.7 Å². The number of hydrogen-bond donors (Lipinski definition) is 1. The van der Waals surface area contributed by atoms with Crippen molar-refractivity contribution in [2.24, 2.45) is 11.8 Å². The number of carbonyl (C=O) groups is 1. The number of amides is 2. The van der Waals surface area contributed by atoms with Crippen molar-refractivity contribution in [2.75, 3.05) is 24.2 Å². The number of fused-ring (bicyclic) bond motifs is 1. The molecule has 2 fully saturated rings. The molecule has 1 aliphatic heterocycles. The van der Waals surface area contributed by atoms with Crippen LogP contribution in [0.2, 0.25) is 0 Å². The summed E-state index contributed by atoms with van der Waals surface area (Å²) >= 11 is 0. The third-order valence-corrected chi connectivity index (χ3v) is 9.34. The van der Waals surface area contributed by atoms with E-state index < -0.39 is 9.84 Å². The van der Waals surface area contributed by atoms with Gasteiger partial charge < -0.3 is 10.2 Å². The number of anilines is 1. The SMILES string of the molecule is CC(C)n1c(=O)n(CC2CC2)c(=O)c2cc(NC(=O)N3CCCC(CS(=O)(=O)c4ccccc4)C3)ccc21. The van der Waals surface area contributed by atoms with Crippen LogP contribution in [-0.4, -0.2) is 47.3 Å². The second kappa shape index (κ2) is 10.4. The Morgan fingerprint density at radius 2 is 1.76 bits per heavy atom. The highest BCUT2D eigenvalue weighted by molar-refractivity contribution is 7.91. The number of sulfone groups is 1. The van der Waals surface area contributed by atoms with Gasteiger partial charge in [-0.1, -0.05) is 18.2 Å². The summed E-state index contributed by atoms with van der Waals surface area (Å²) in [5.41, 5.74) is 0.370. The highest BCUT2D eigenvalue weighted by Gasteiger charge is 2.29. The number of aromatic nitrogens is 2. The zero-order chi connectivity index (χ0) is 27.0. The second-order valence-electron chi connectivity index (χ2n) is 10.8. The van der Waals surface area contributed by atoms with Crippen molar-refractivity contribution < 1.29 is 13.2 Å². The Morgan fingerprint density at radius 3 is 2.45 bits per heavy atom. The molecule has 0 radical (unpaired) electrons. The van der Waals surface area contributed by atoms with Crippen LogP contribution < -0.4 is 16.6 Å². The molecule has 1 atom stereocenters. The molecule has 1 N–H and O–H groups in total. The quantitative estimate of drug-likeness (QED) is 0.491. The van der Waals surface area contributed by atoms with Crippen LogP contribution in [0.25, 0.3) is 10.9 Å². The third-order valence-electron chi connectivity index (χ3n) is 7.44. The molecule has 10 heteroatoms. The van der Waals surface area contributed by atoms with Gasteiger partial charge in [-0.25, -0.2) is 18.0 Å². The molecule has 1 aromatic heterocycles. The predicted molar refractivity (Wildman–Crippen MR) is 147 cm³/mol. The minimum Gasteiger partial charge on any atom is -0.324 e. The lowest BCUT2D eigenvalue weighted by molar-refractivity contribution is 0.183. The van der Waals surface area contributed by atoms with Crippen molar-refractivity contribution in [2.45, 2.75) is 57.0 Å². The topological polar surface area (TPSA) is 110 Å². The van der Waals surface area contributed by atoms with Crippen LogP contribution in [0.4, 0.5) is 10.5 Å². The van der Waals surface area contributed by atoms with Crippen LogP contribution in [0.1, 0.15) is 45.6 Å². The maximum atomic E-state index is 13.3. The van der Waals surface area contributed by atoms with Crippen molar-refractivity contribution in [1.82, 2.24) is 14.0 Å². The van der Waals surface area contributed by atoms with E-state index in [1.54, 1.807) is 58.0 Å². The van der Waals surface area contributed by atoms with Crippen molar-refractivity contribution in [1.29, 1.82) is 0 Å². The van der Waals surface area contributed by atoms with Crippen molar-refractivity contribution in [3.8, 4) is 0 Å². The van der Waals surface area contributed by atoms with Gasteiger partial charge in [0.05, 0.1) is 21.6 Å². The number of urea groups is 1. The van der Waals surface area contributed by atoms with E-state index >= 15 is 0 Å². The number of carbonyl (C=O) groups excluding carboxylic acids is 1. The number of nitrogens with zero attached hydrogens (tertiary/aromatic N) is 3. The Labute approximate surface area is 222 Å². The second-order valence-corrected chi connectivity index (χ2v) is 12.9. The fourth-order valence-electron chi connectivity index (χ4n) is 5.30. The van der Waals surface area contributed by atoms with Crippen LogP contribution in [-0.2, 0) is 16.4 Å². The van der Waals surface area contributed by atoms with Gasteiger partial charge in [-0.15, -0.1) is 0 Å². The molecule has 1 saturated carbocycles. The van der Waals surface area contributed by atoms with Crippen LogP contribution in [0.5, 0.6) is 0 Å². The maximum absolute atomic E-state index is 13.3. The number of benzene rings is 2. The van der Waals surface area contributed by atoms with Gasteiger partial charge in [0.25, 0.3) is 5.56 Å². The molecule has 5 rings (SSSR count). The molecule has 2 amide bonds. The van der Waals surface area contributed by atoms with E-state index in [1.165, 1.54) is 4.57 Å². The van der Waals surface area contributed by atoms with Gasteiger partial charge in [0, 0.05) is 31.4 Å². The first kappa shape index (κ1) is 26.2. The van der Waals surface area contributed by atoms with E-state index in [4.69, 9.17) is 0 Å². The maximum Gasteiger partial charge on any atom is 0.331 e. The summed E-state index contributed by atoms with van der Waals surface area (Å²) in [5, 5.41) is 3.27. The standard InChI is InChI=1S/C28H34N4O5S/c1-19(2)32-25-13-12-22(15-24(25)26(33)31(28(32)35)17-20-10-11-20)29-27(34)30-14-6-7-21(16-30)18-38(36,37)23-8-4-3-5-9-23/h3-5,8-9,12-13,15,19-21H,6-7,10-11,14,16-18H2,1-2H3,(H,29,34). The normalized spacial score (nSPS) is 18.2. The Hall–Kier alpha value is -3.40. The fourth-order valence-corrected chi connectivity index (χ4v) is 6.96. The Bertz CT molecular complexity index is 1570. The smallest absolute Gasteiger partial charge is 0.324 e. The van der Waals surface area contributed by atoms with Crippen LogP contribution in [0.15, 0.2) is 63.0 Å². The predicted octanol–water partition coefficient (Wildman–Crippen LogP) is 3.87. The first-order chi connectivity index (χ1) is 18.1. The van der Waals surface area contributed by atoms with Crippen molar-refractivity contribution >= 4 is 32.5 Å². The van der Waals surface area contributed by atoms with Crippen molar-refractivity contribution in [3.63, 3.8) is 0 Å². The van der Waals surface area contributed by atoms with Gasteiger partial charge in [-0.2, -0.15) is 0 Å². The first-order valence-electron chi connectivity index (χ1n) is 13.3. The van der Waals surface area contributed by atoms with Crippen molar-refractivity contribution in [3.05, 3.63) is 69.4 Å². The van der Waals surface area contributed by atoms with Gasteiger partial charge >= 0.3 is 11.7 Å². The van der Waals surface area contributed by atoms with E-state index in [9.17, 15) is 22.8 Å². The highest BCUT2D eigenvalue weighted by Crippen LogP contribution is 2.30. The molecule has 38 heavy (non-hydrogen) atoms. The summed E-state index contributed by atoms with van der Waals surface area (Å²) in [6.07, 6.45) is 3.49. The van der Waals surface area contributed by atoms with E-state index in [0.717, 1.165) is 19.3 Å². The van der Waals surface area contributed by atoms with Gasteiger partial charge in [0.2, 0.25) is 0 Å². The van der Waals surface area contributed by atoms with Gasteiger partial charge in [-0.3, -0.25) is 13.9 Å². The number of piperidine rings is 1. The monoisotopic (exact) mass is 538 g/mol. The Morgan fingerprint density at radius 1 is 1.03 bits per heavy atom. The Balaban J connectivity index is 1.35. The largest absolute Gasteiger partial charge is 0.331 e. The number of hydrogen-bond acceptors (Lipinski definition) is 5. The third kappa shape index (κ3) is 5.41.